The highest BCUT2D eigenvalue weighted by molar-refractivity contribution is 5.99. The van der Waals surface area contributed by atoms with Crippen LogP contribution in [0, 0.1) is 11.3 Å². The average Bonchev–Trinajstić information content (AvgIpc) is 3.39. The minimum absolute atomic E-state index is 0.0953. The molecule has 1 fully saturated rings. The summed E-state index contributed by atoms with van der Waals surface area (Å²) in [5.74, 6) is 0.753. The first kappa shape index (κ1) is 19.7. The molecule has 158 valence electrons. The van der Waals surface area contributed by atoms with E-state index in [-0.39, 0.29) is 11.9 Å². The van der Waals surface area contributed by atoms with E-state index in [2.05, 4.69) is 42.7 Å². The third kappa shape index (κ3) is 3.76. The highest BCUT2D eigenvalue weighted by Crippen LogP contribution is 2.31. The Morgan fingerprint density at radius 3 is 2.47 bits per heavy atom. The number of carbonyl (C=O) groups is 1. The molecule has 0 atom stereocenters. The highest BCUT2D eigenvalue weighted by atomic mass is 16.1. The molecule has 0 bridgehead atoms. The number of benzene rings is 2. The van der Waals surface area contributed by atoms with Crippen LogP contribution in [0.2, 0.25) is 0 Å². The van der Waals surface area contributed by atoms with Crippen LogP contribution in [0.3, 0.4) is 0 Å². The van der Waals surface area contributed by atoms with E-state index < -0.39 is 0 Å². The van der Waals surface area contributed by atoms with Gasteiger partial charge < -0.3 is 10.2 Å². The number of aromatic nitrogens is 4. The van der Waals surface area contributed by atoms with Gasteiger partial charge in [-0.3, -0.25) is 9.89 Å². The van der Waals surface area contributed by atoms with Gasteiger partial charge in [0.2, 0.25) is 0 Å². The molecule has 0 unspecified atom stereocenters. The third-order valence-corrected chi connectivity index (χ3v) is 5.83. The van der Waals surface area contributed by atoms with Gasteiger partial charge in [0, 0.05) is 41.7 Å². The van der Waals surface area contributed by atoms with Gasteiger partial charge in [-0.05, 0) is 43.2 Å². The summed E-state index contributed by atoms with van der Waals surface area (Å²) >= 11 is 0. The number of fused-ring (bicyclic) bond motifs is 1. The third-order valence-electron chi connectivity index (χ3n) is 5.83. The first-order valence-electron chi connectivity index (χ1n) is 10.5. The molecule has 2 aromatic heterocycles. The first-order valence-corrected chi connectivity index (χ1v) is 10.5. The lowest BCUT2D eigenvalue weighted by molar-refractivity contribution is 0.0931. The summed E-state index contributed by atoms with van der Waals surface area (Å²) in [4.78, 5) is 14.8. The lowest BCUT2D eigenvalue weighted by Gasteiger charge is -2.33. The fraction of sp³-hybridized carbons (Fsp3) is 0.208. The van der Waals surface area contributed by atoms with Gasteiger partial charge in [0.1, 0.15) is 5.69 Å². The van der Waals surface area contributed by atoms with Crippen molar-refractivity contribution in [3.8, 4) is 17.5 Å². The Morgan fingerprint density at radius 1 is 1.03 bits per heavy atom. The zero-order valence-corrected chi connectivity index (χ0v) is 17.3. The molecule has 2 aromatic carbocycles. The van der Waals surface area contributed by atoms with Gasteiger partial charge in [0.25, 0.3) is 5.91 Å². The Hall–Kier alpha value is -4.25. The van der Waals surface area contributed by atoms with E-state index in [0.717, 1.165) is 53.9 Å². The fourth-order valence-corrected chi connectivity index (χ4v) is 4.11. The number of nitrogens with one attached hydrogen (secondary N) is 2. The predicted molar refractivity (Wildman–Crippen MR) is 121 cm³/mol. The smallest absolute Gasteiger partial charge is 0.251 e. The monoisotopic (exact) mass is 423 g/mol. The molecule has 2 N–H and O–H groups in total. The molecule has 8 heteroatoms. The van der Waals surface area contributed by atoms with Crippen molar-refractivity contribution in [2.75, 3.05) is 18.0 Å². The van der Waals surface area contributed by atoms with Crippen LogP contribution in [0.1, 0.15) is 28.8 Å². The normalized spacial score (nSPS) is 14.3. The van der Waals surface area contributed by atoms with Gasteiger partial charge >= 0.3 is 0 Å². The quantitative estimate of drug-likeness (QED) is 0.521. The zero-order valence-electron chi connectivity index (χ0n) is 17.3. The van der Waals surface area contributed by atoms with Gasteiger partial charge in [-0.1, -0.05) is 24.3 Å². The summed E-state index contributed by atoms with van der Waals surface area (Å²) < 4.78 is 0. The molecule has 5 rings (SSSR count). The van der Waals surface area contributed by atoms with Crippen LogP contribution < -0.4 is 10.2 Å². The number of rotatable bonds is 4. The Labute approximate surface area is 184 Å². The SMILES string of the molecule is N#Cc1ccc(C(=O)NC2CCN(c3nnc(-c4ccn[nH]4)c4ccccc34)CC2)cc1. The second-order valence-electron chi connectivity index (χ2n) is 7.81. The number of amides is 1. The molecule has 8 nitrogen and oxygen atoms in total. The van der Waals surface area contributed by atoms with Crippen LogP contribution in [0.25, 0.3) is 22.2 Å². The molecule has 1 amide bonds. The molecule has 32 heavy (non-hydrogen) atoms. The lowest BCUT2D eigenvalue weighted by Crippen LogP contribution is -2.45. The van der Waals surface area contributed by atoms with Crippen LogP contribution in [0.15, 0.2) is 60.8 Å². The molecule has 4 aromatic rings. The second kappa shape index (κ2) is 8.47. The minimum atomic E-state index is -0.109. The van der Waals surface area contributed by atoms with Crippen molar-refractivity contribution in [1.82, 2.24) is 25.7 Å². The number of hydrogen-bond acceptors (Lipinski definition) is 6. The van der Waals surface area contributed by atoms with E-state index in [0.29, 0.717) is 11.1 Å². The number of H-pyrrole nitrogens is 1. The summed E-state index contributed by atoms with van der Waals surface area (Å²) in [5.41, 5.74) is 2.73. The van der Waals surface area contributed by atoms with Crippen molar-refractivity contribution in [2.45, 2.75) is 18.9 Å². The maximum atomic E-state index is 12.6. The molecule has 0 radical (unpaired) electrons. The van der Waals surface area contributed by atoms with E-state index in [9.17, 15) is 4.79 Å². The van der Waals surface area contributed by atoms with Crippen LogP contribution >= 0.6 is 0 Å². The van der Waals surface area contributed by atoms with E-state index in [1.165, 1.54) is 0 Å². The summed E-state index contributed by atoms with van der Waals surface area (Å²) in [7, 11) is 0. The first-order chi connectivity index (χ1) is 15.7. The van der Waals surface area contributed by atoms with Crippen molar-refractivity contribution >= 4 is 22.5 Å². The van der Waals surface area contributed by atoms with Crippen molar-refractivity contribution in [1.29, 1.82) is 5.26 Å². The van der Waals surface area contributed by atoms with E-state index >= 15 is 0 Å². The number of carbonyl (C=O) groups excluding carboxylic acids is 1. The largest absolute Gasteiger partial charge is 0.354 e. The molecular weight excluding hydrogens is 402 g/mol. The summed E-state index contributed by atoms with van der Waals surface area (Å²) in [5, 5.41) is 30.1. The Kier molecular flexibility index (Phi) is 5.22. The lowest BCUT2D eigenvalue weighted by atomic mass is 10.0. The summed E-state index contributed by atoms with van der Waals surface area (Å²) in [6.45, 7) is 1.56. The molecule has 1 saturated heterocycles. The number of anilines is 1. The number of hydrogen-bond donors (Lipinski definition) is 2. The van der Waals surface area contributed by atoms with Crippen molar-refractivity contribution in [3.05, 3.63) is 71.9 Å². The molecule has 1 aliphatic rings. The van der Waals surface area contributed by atoms with Crippen LogP contribution in [-0.4, -0.2) is 45.4 Å². The standard InChI is InChI=1S/C24H21N7O/c25-15-16-5-7-17(8-6-16)24(32)27-18-10-13-31(14-11-18)23-20-4-2-1-3-19(20)22(29-30-23)21-9-12-26-28-21/h1-9,12,18H,10-11,13-14H2,(H,26,28)(H,27,32). The Morgan fingerprint density at radius 2 is 1.78 bits per heavy atom. The van der Waals surface area contributed by atoms with Crippen LogP contribution in [0.5, 0.6) is 0 Å². The topological polar surface area (TPSA) is 111 Å². The molecule has 0 spiro atoms. The van der Waals surface area contributed by atoms with Gasteiger partial charge in [-0.15, -0.1) is 10.2 Å². The molecule has 0 saturated carbocycles. The molecule has 1 aliphatic heterocycles. The van der Waals surface area contributed by atoms with E-state index in [1.54, 1.807) is 30.5 Å². The summed E-state index contributed by atoms with van der Waals surface area (Å²) in [6.07, 6.45) is 3.34. The molecule has 0 aliphatic carbocycles. The second-order valence-corrected chi connectivity index (χ2v) is 7.81. The minimum Gasteiger partial charge on any atom is -0.354 e. The number of nitrogens with zero attached hydrogens (tertiary/aromatic N) is 5. The number of piperidine rings is 1. The van der Waals surface area contributed by atoms with Crippen molar-refractivity contribution in [3.63, 3.8) is 0 Å². The van der Waals surface area contributed by atoms with Crippen molar-refractivity contribution < 1.29 is 4.79 Å². The maximum Gasteiger partial charge on any atom is 0.251 e. The molecule has 3 heterocycles. The maximum absolute atomic E-state index is 12.6. The van der Waals surface area contributed by atoms with E-state index in [4.69, 9.17) is 5.26 Å². The fourth-order valence-electron chi connectivity index (χ4n) is 4.11. The van der Waals surface area contributed by atoms with E-state index in [1.807, 2.05) is 24.3 Å². The zero-order chi connectivity index (χ0) is 21.9. The highest BCUT2D eigenvalue weighted by Gasteiger charge is 2.24. The van der Waals surface area contributed by atoms with Gasteiger partial charge in [0.15, 0.2) is 5.82 Å². The predicted octanol–water partition coefficient (Wildman–Crippen LogP) is 3.29. The Bertz CT molecular complexity index is 1280. The number of nitriles is 1. The molecular formula is C24H21N7O. The summed E-state index contributed by atoms with van der Waals surface area (Å²) in [6, 6.07) is 18.9. The number of aromatic amines is 1. The van der Waals surface area contributed by atoms with Crippen LogP contribution in [-0.2, 0) is 0 Å². The van der Waals surface area contributed by atoms with Crippen molar-refractivity contribution in [2.24, 2.45) is 0 Å². The Balaban J connectivity index is 1.30. The van der Waals surface area contributed by atoms with Gasteiger partial charge in [0.05, 0.1) is 17.3 Å². The van der Waals surface area contributed by atoms with Gasteiger partial charge in [-0.2, -0.15) is 10.4 Å². The van der Waals surface area contributed by atoms with Crippen LogP contribution in [0.4, 0.5) is 5.82 Å². The van der Waals surface area contributed by atoms with Gasteiger partial charge in [-0.25, -0.2) is 0 Å². The average molecular weight is 423 g/mol.